The van der Waals surface area contributed by atoms with Crippen LogP contribution in [-0.2, 0) is 6.42 Å². The van der Waals surface area contributed by atoms with Crippen molar-refractivity contribution in [3.8, 4) is 5.75 Å². The third-order valence-corrected chi connectivity index (χ3v) is 3.68. The summed E-state index contributed by atoms with van der Waals surface area (Å²) in [6, 6.07) is 6.47. The van der Waals surface area contributed by atoms with E-state index in [0.717, 1.165) is 25.3 Å². The van der Waals surface area contributed by atoms with Gasteiger partial charge in [-0.3, -0.25) is 0 Å². The zero-order valence-electron chi connectivity index (χ0n) is 10.7. The predicted octanol–water partition coefficient (Wildman–Crippen LogP) is 1.87. The first-order valence-electron chi connectivity index (χ1n) is 6.39. The summed E-state index contributed by atoms with van der Waals surface area (Å²) in [4.78, 5) is 0. The van der Waals surface area contributed by atoms with Crippen LogP contribution in [0.4, 0.5) is 0 Å². The van der Waals surface area contributed by atoms with Gasteiger partial charge >= 0.3 is 0 Å². The van der Waals surface area contributed by atoms with E-state index in [9.17, 15) is 0 Å². The molecule has 0 amide bonds. The van der Waals surface area contributed by atoms with E-state index in [-0.39, 0.29) is 6.04 Å². The minimum absolute atomic E-state index is 0.140. The predicted molar refractivity (Wildman–Crippen MR) is 70.3 cm³/mol. The summed E-state index contributed by atoms with van der Waals surface area (Å²) in [7, 11) is 1.72. The lowest BCUT2D eigenvalue weighted by molar-refractivity contribution is 0.409. The third kappa shape index (κ3) is 2.61. The highest BCUT2D eigenvalue weighted by Gasteiger charge is 2.23. The van der Waals surface area contributed by atoms with Gasteiger partial charge < -0.3 is 15.8 Å². The van der Waals surface area contributed by atoms with Gasteiger partial charge in [-0.05, 0) is 49.0 Å². The topological polar surface area (TPSA) is 47.3 Å². The first kappa shape index (κ1) is 12.4. The van der Waals surface area contributed by atoms with Crippen molar-refractivity contribution >= 4 is 0 Å². The van der Waals surface area contributed by atoms with Gasteiger partial charge in [-0.2, -0.15) is 0 Å². The standard InChI is InChI=1S/C14H22N2O/c1-3-10-8-11(4-5-13(10)17-2)14(15)12-6-7-16-9-12/h4-5,8,12,14,16H,3,6-7,9,15H2,1-2H3. The van der Waals surface area contributed by atoms with Crippen LogP contribution >= 0.6 is 0 Å². The first-order chi connectivity index (χ1) is 8.26. The molecule has 0 bridgehead atoms. The number of nitrogens with two attached hydrogens (primary N) is 1. The third-order valence-electron chi connectivity index (χ3n) is 3.68. The number of methoxy groups -OCH3 is 1. The molecule has 2 atom stereocenters. The minimum Gasteiger partial charge on any atom is -0.496 e. The Hall–Kier alpha value is -1.06. The van der Waals surface area contributed by atoms with Crippen LogP contribution in [-0.4, -0.2) is 20.2 Å². The lowest BCUT2D eigenvalue weighted by Gasteiger charge is -2.20. The fourth-order valence-corrected chi connectivity index (χ4v) is 2.54. The van der Waals surface area contributed by atoms with E-state index >= 15 is 0 Å². The SMILES string of the molecule is CCc1cc(C(N)C2CCNC2)ccc1OC. The molecule has 1 aliphatic rings. The summed E-state index contributed by atoms with van der Waals surface area (Å²) < 4.78 is 5.34. The molecular weight excluding hydrogens is 212 g/mol. The Balaban J connectivity index is 2.20. The Morgan fingerprint density at radius 1 is 1.53 bits per heavy atom. The fraction of sp³-hybridized carbons (Fsp3) is 0.571. The van der Waals surface area contributed by atoms with Crippen LogP contribution in [0.2, 0.25) is 0 Å². The van der Waals surface area contributed by atoms with Crippen LogP contribution in [0.15, 0.2) is 18.2 Å². The van der Waals surface area contributed by atoms with Crippen molar-refractivity contribution in [1.82, 2.24) is 5.32 Å². The quantitative estimate of drug-likeness (QED) is 0.836. The van der Waals surface area contributed by atoms with Crippen LogP contribution < -0.4 is 15.8 Å². The molecule has 0 radical (unpaired) electrons. The number of hydrogen-bond acceptors (Lipinski definition) is 3. The van der Waals surface area contributed by atoms with E-state index in [0.29, 0.717) is 5.92 Å². The van der Waals surface area contributed by atoms with Gasteiger partial charge in [-0.1, -0.05) is 19.1 Å². The summed E-state index contributed by atoms with van der Waals surface area (Å²) in [6.07, 6.45) is 2.15. The van der Waals surface area contributed by atoms with Gasteiger partial charge in [-0.25, -0.2) is 0 Å². The smallest absolute Gasteiger partial charge is 0.122 e. The fourth-order valence-electron chi connectivity index (χ4n) is 2.54. The highest BCUT2D eigenvalue weighted by Crippen LogP contribution is 2.28. The van der Waals surface area contributed by atoms with Gasteiger partial charge in [0.25, 0.3) is 0 Å². The Morgan fingerprint density at radius 2 is 2.35 bits per heavy atom. The van der Waals surface area contributed by atoms with E-state index < -0.39 is 0 Å². The van der Waals surface area contributed by atoms with E-state index in [1.165, 1.54) is 17.5 Å². The minimum atomic E-state index is 0.140. The van der Waals surface area contributed by atoms with Crippen LogP contribution in [0.25, 0.3) is 0 Å². The lowest BCUT2D eigenvalue weighted by Crippen LogP contribution is -2.23. The molecule has 1 aliphatic heterocycles. The van der Waals surface area contributed by atoms with Gasteiger partial charge in [-0.15, -0.1) is 0 Å². The number of aryl methyl sites for hydroxylation is 1. The Labute approximate surface area is 103 Å². The second kappa shape index (κ2) is 5.52. The maximum Gasteiger partial charge on any atom is 0.122 e. The monoisotopic (exact) mass is 234 g/mol. The van der Waals surface area contributed by atoms with Crippen molar-refractivity contribution in [2.75, 3.05) is 20.2 Å². The number of nitrogens with one attached hydrogen (secondary N) is 1. The molecular formula is C14H22N2O. The molecule has 0 aliphatic carbocycles. The molecule has 0 spiro atoms. The summed E-state index contributed by atoms with van der Waals surface area (Å²) >= 11 is 0. The molecule has 0 saturated carbocycles. The highest BCUT2D eigenvalue weighted by atomic mass is 16.5. The van der Waals surface area contributed by atoms with Crippen LogP contribution in [0.1, 0.15) is 30.5 Å². The van der Waals surface area contributed by atoms with E-state index in [1.807, 2.05) is 6.07 Å². The summed E-state index contributed by atoms with van der Waals surface area (Å²) in [5, 5.41) is 3.37. The van der Waals surface area contributed by atoms with Crippen molar-refractivity contribution in [2.24, 2.45) is 11.7 Å². The number of hydrogen-bond donors (Lipinski definition) is 2. The van der Waals surface area contributed by atoms with Crippen molar-refractivity contribution < 1.29 is 4.74 Å². The van der Waals surface area contributed by atoms with Crippen molar-refractivity contribution in [3.63, 3.8) is 0 Å². The van der Waals surface area contributed by atoms with Crippen molar-refractivity contribution in [1.29, 1.82) is 0 Å². The number of benzene rings is 1. The van der Waals surface area contributed by atoms with Crippen LogP contribution in [0, 0.1) is 5.92 Å². The molecule has 0 aromatic heterocycles. The van der Waals surface area contributed by atoms with Crippen molar-refractivity contribution in [2.45, 2.75) is 25.8 Å². The Bertz CT molecular complexity index is 372. The van der Waals surface area contributed by atoms with Gasteiger partial charge in [0.05, 0.1) is 7.11 Å². The largest absolute Gasteiger partial charge is 0.496 e. The Kier molecular flexibility index (Phi) is 4.02. The molecule has 3 heteroatoms. The maximum absolute atomic E-state index is 6.33. The van der Waals surface area contributed by atoms with Gasteiger partial charge in [0.2, 0.25) is 0 Å². The van der Waals surface area contributed by atoms with Gasteiger partial charge in [0.15, 0.2) is 0 Å². The Morgan fingerprint density at radius 3 is 2.94 bits per heavy atom. The van der Waals surface area contributed by atoms with Crippen LogP contribution in [0.3, 0.4) is 0 Å². The second-order valence-electron chi connectivity index (χ2n) is 4.70. The molecule has 1 heterocycles. The summed E-state index contributed by atoms with van der Waals surface area (Å²) in [5.74, 6) is 1.53. The molecule has 1 saturated heterocycles. The zero-order valence-corrected chi connectivity index (χ0v) is 10.7. The maximum atomic E-state index is 6.33. The summed E-state index contributed by atoms with van der Waals surface area (Å²) in [6.45, 7) is 4.27. The molecule has 1 aromatic carbocycles. The molecule has 3 N–H and O–H groups in total. The molecule has 17 heavy (non-hydrogen) atoms. The lowest BCUT2D eigenvalue weighted by atomic mass is 9.91. The molecule has 3 nitrogen and oxygen atoms in total. The summed E-state index contributed by atoms with van der Waals surface area (Å²) in [5.41, 5.74) is 8.81. The van der Waals surface area contributed by atoms with E-state index in [1.54, 1.807) is 7.11 Å². The van der Waals surface area contributed by atoms with Gasteiger partial charge in [0.1, 0.15) is 5.75 Å². The first-order valence-corrected chi connectivity index (χ1v) is 6.39. The molecule has 2 unspecified atom stereocenters. The van der Waals surface area contributed by atoms with Crippen molar-refractivity contribution in [3.05, 3.63) is 29.3 Å². The highest BCUT2D eigenvalue weighted by molar-refractivity contribution is 5.38. The number of rotatable bonds is 4. The average Bonchev–Trinajstić information content (AvgIpc) is 2.90. The second-order valence-corrected chi connectivity index (χ2v) is 4.70. The van der Waals surface area contributed by atoms with Crippen LogP contribution in [0.5, 0.6) is 5.75 Å². The molecule has 94 valence electrons. The van der Waals surface area contributed by atoms with E-state index in [2.05, 4.69) is 24.4 Å². The average molecular weight is 234 g/mol. The zero-order chi connectivity index (χ0) is 12.3. The number of ether oxygens (including phenoxy) is 1. The molecule has 1 fully saturated rings. The normalized spacial score (nSPS) is 21.5. The van der Waals surface area contributed by atoms with Gasteiger partial charge in [0, 0.05) is 6.04 Å². The van der Waals surface area contributed by atoms with E-state index in [4.69, 9.17) is 10.5 Å². The molecule has 1 aromatic rings. The molecule has 2 rings (SSSR count).